The van der Waals surface area contributed by atoms with Crippen LogP contribution in [-0.2, 0) is 17.9 Å². The molecule has 0 atom stereocenters. The molecule has 0 aliphatic rings. The standard InChI is InChI=1S/C24H20N6O3/c31-22(11-13-28-16-25-20-9-2-1-8-19(20)23(28)32)26-18-7-5-6-17(14-18)15-30-24(33)29-12-4-3-10-21(29)27-30/h1-10,12,14,16H,11,13,15H2,(H,26,31). The van der Waals surface area contributed by atoms with Crippen molar-refractivity contribution in [2.75, 3.05) is 5.32 Å². The number of pyridine rings is 1. The van der Waals surface area contributed by atoms with Crippen molar-refractivity contribution in [3.05, 3.63) is 106 Å². The Hall–Kier alpha value is -4.53. The zero-order valence-electron chi connectivity index (χ0n) is 17.6. The number of hydrogen-bond acceptors (Lipinski definition) is 5. The zero-order valence-corrected chi connectivity index (χ0v) is 17.6. The number of hydrogen-bond donors (Lipinski definition) is 1. The van der Waals surface area contributed by atoms with Crippen molar-refractivity contribution < 1.29 is 4.79 Å². The number of carbonyl (C=O) groups excluding carboxylic acids is 1. The maximum Gasteiger partial charge on any atom is 0.350 e. The number of rotatable bonds is 6. The second-order valence-corrected chi connectivity index (χ2v) is 7.63. The Bertz CT molecular complexity index is 1600. The van der Waals surface area contributed by atoms with Gasteiger partial charge >= 0.3 is 5.69 Å². The van der Waals surface area contributed by atoms with E-state index in [9.17, 15) is 14.4 Å². The lowest BCUT2D eigenvalue weighted by atomic mass is 10.2. The minimum absolute atomic E-state index is 0.121. The second-order valence-electron chi connectivity index (χ2n) is 7.63. The number of nitrogens with one attached hydrogen (secondary N) is 1. The quantitative estimate of drug-likeness (QED) is 0.436. The molecule has 33 heavy (non-hydrogen) atoms. The van der Waals surface area contributed by atoms with Crippen molar-refractivity contribution in [3.63, 3.8) is 0 Å². The highest BCUT2D eigenvalue weighted by Gasteiger charge is 2.09. The van der Waals surface area contributed by atoms with Crippen LogP contribution in [-0.4, -0.2) is 29.6 Å². The molecular formula is C24H20N6O3. The topological polar surface area (TPSA) is 103 Å². The summed E-state index contributed by atoms with van der Waals surface area (Å²) >= 11 is 0. The Morgan fingerprint density at radius 3 is 2.70 bits per heavy atom. The Morgan fingerprint density at radius 2 is 1.82 bits per heavy atom. The Labute approximate surface area is 187 Å². The second kappa shape index (κ2) is 8.54. The van der Waals surface area contributed by atoms with E-state index in [4.69, 9.17) is 0 Å². The van der Waals surface area contributed by atoms with Crippen LogP contribution < -0.4 is 16.6 Å². The highest BCUT2D eigenvalue weighted by atomic mass is 16.2. The number of aryl methyl sites for hydroxylation is 1. The van der Waals surface area contributed by atoms with E-state index in [2.05, 4.69) is 15.4 Å². The molecule has 2 aromatic carbocycles. The molecule has 164 valence electrons. The van der Waals surface area contributed by atoms with E-state index in [1.54, 1.807) is 48.7 Å². The Kier molecular flexibility index (Phi) is 5.27. The van der Waals surface area contributed by atoms with Crippen LogP contribution in [0.25, 0.3) is 16.6 Å². The van der Waals surface area contributed by atoms with Crippen molar-refractivity contribution in [2.45, 2.75) is 19.5 Å². The van der Waals surface area contributed by atoms with Gasteiger partial charge in [-0.3, -0.25) is 18.6 Å². The van der Waals surface area contributed by atoms with Gasteiger partial charge in [-0.25, -0.2) is 14.5 Å². The number of nitrogens with zero attached hydrogens (tertiary/aromatic N) is 5. The average molecular weight is 440 g/mol. The van der Waals surface area contributed by atoms with Crippen molar-refractivity contribution in [1.29, 1.82) is 0 Å². The molecule has 0 unspecified atom stereocenters. The van der Waals surface area contributed by atoms with Gasteiger partial charge in [-0.1, -0.05) is 30.3 Å². The van der Waals surface area contributed by atoms with E-state index in [0.717, 1.165) is 5.56 Å². The molecule has 0 radical (unpaired) electrons. The fourth-order valence-corrected chi connectivity index (χ4v) is 3.70. The highest BCUT2D eigenvalue weighted by Crippen LogP contribution is 2.12. The molecule has 0 aliphatic heterocycles. The van der Waals surface area contributed by atoms with E-state index >= 15 is 0 Å². The smallest absolute Gasteiger partial charge is 0.326 e. The Morgan fingerprint density at radius 1 is 0.970 bits per heavy atom. The fourth-order valence-electron chi connectivity index (χ4n) is 3.70. The monoisotopic (exact) mass is 440 g/mol. The van der Waals surface area contributed by atoms with E-state index in [1.807, 2.05) is 24.3 Å². The van der Waals surface area contributed by atoms with Crippen LogP contribution in [0, 0.1) is 0 Å². The summed E-state index contributed by atoms with van der Waals surface area (Å²) in [6, 6.07) is 19.7. The van der Waals surface area contributed by atoms with Crippen LogP contribution in [0.5, 0.6) is 0 Å². The molecule has 5 aromatic rings. The normalized spacial score (nSPS) is 11.2. The molecule has 9 heteroatoms. The number of anilines is 1. The van der Waals surface area contributed by atoms with Gasteiger partial charge in [0.1, 0.15) is 0 Å². The highest BCUT2D eigenvalue weighted by molar-refractivity contribution is 5.90. The lowest BCUT2D eigenvalue weighted by molar-refractivity contribution is -0.116. The molecular weight excluding hydrogens is 420 g/mol. The summed E-state index contributed by atoms with van der Waals surface area (Å²) < 4.78 is 4.30. The van der Waals surface area contributed by atoms with Gasteiger partial charge in [0.2, 0.25) is 5.91 Å². The number of para-hydroxylation sites is 1. The van der Waals surface area contributed by atoms with Crippen LogP contribution in [0.2, 0.25) is 0 Å². The third kappa shape index (κ3) is 4.16. The van der Waals surface area contributed by atoms with Gasteiger partial charge in [0.15, 0.2) is 5.65 Å². The molecule has 3 aromatic heterocycles. The first-order valence-electron chi connectivity index (χ1n) is 10.5. The number of fused-ring (bicyclic) bond motifs is 2. The van der Waals surface area contributed by atoms with Gasteiger partial charge in [0.05, 0.1) is 23.8 Å². The lowest BCUT2D eigenvalue weighted by Gasteiger charge is -2.09. The predicted molar refractivity (Wildman–Crippen MR) is 124 cm³/mol. The van der Waals surface area contributed by atoms with Gasteiger partial charge in [0, 0.05) is 24.8 Å². The fraction of sp³-hybridized carbons (Fsp3) is 0.125. The first-order valence-corrected chi connectivity index (χ1v) is 10.5. The molecule has 1 N–H and O–H groups in total. The molecule has 0 saturated heterocycles. The van der Waals surface area contributed by atoms with Crippen LogP contribution in [0.4, 0.5) is 5.69 Å². The van der Waals surface area contributed by atoms with E-state index in [0.29, 0.717) is 22.2 Å². The van der Waals surface area contributed by atoms with Crippen molar-refractivity contribution in [1.82, 2.24) is 23.7 Å². The van der Waals surface area contributed by atoms with Gasteiger partial charge < -0.3 is 5.32 Å². The molecule has 5 rings (SSSR count). The van der Waals surface area contributed by atoms with Gasteiger partial charge in [-0.05, 0) is 42.0 Å². The SMILES string of the molecule is O=C(CCn1cnc2ccccc2c1=O)Nc1cccc(Cn2nc3ccccn3c2=O)c1. The minimum Gasteiger partial charge on any atom is -0.326 e. The Balaban J connectivity index is 1.26. The first-order chi connectivity index (χ1) is 16.1. The summed E-state index contributed by atoms with van der Waals surface area (Å²) in [6.07, 6.45) is 3.26. The summed E-state index contributed by atoms with van der Waals surface area (Å²) in [5.74, 6) is -0.225. The van der Waals surface area contributed by atoms with Crippen LogP contribution in [0.1, 0.15) is 12.0 Å². The molecule has 0 fully saturated rings. The largest absolute Gasteiger partial charge is 0.350 e. The van der Waals surface area contributed by atoms with E-state index < -0.39 is 0 Å². The first kappa shape index (κ1) is 20.4. The molecule has 0 bridgehead atoms. The summed E-state index contributed by atoms with van der Waals surface area (Å²) in [5, 5.41) is 7.70. The predicted octanol–water partition coefficient (Wildman–Crippen LogP) is 2.28. The van der Waals surface area contributed by atoms with Crippen LogP contribution >= 0.6 is 0 Å². The van der Waals surface area contributed by atoms with E-state index in [-0.39, 0.29) is 36.7 Å². The lowest BCUT2D eigenvalue weighted by Crippen LogP contribution is -2.23. The maximum absolute atomic E-state index is 12.6. The number of amides is 1. The van der Waals surface area contributed by atoms with Crippen molar-refractivity contribution >= 4 is 28.1 Å². The van der Waals surface area contributed by atoms with Crippen molar-refractivity contribution in [3.8, 4) is 0 Å². The number of aromatic nitrogens is 5. The average Bonchev–Trinajstić information content (AvgIpc) is 3.14. The minimum atomic E-state index is -0.227. The molecule has 1 amide bonds. The third-order valence-electron chi connectivity index (χ3n) is 5.34. The van der Waals surface area contributed by atoms with Gasteiger partial charge in [-0.2, -0.15) is 0 Å². The molecule has 3 heterocycles. The number of carbonyl (C=O) groups is 1. The van der Waals surface area contributed by atoms with Gasteiger partial charge in [0.25, 0.3) is 5.56 Å². The van der Waals surface area contributed by atoms with Crippen molar-refractivity contribution in [2.24, 2.45) is 0 Å². The number of benzene rings is 2. The van der Waals surface area contributed by atoms with Crippen LogP contribution in [0.3, 0.4) is 0 Å². The summed E-state index contributed by atoms with van der Waals surface area (Å²) in [7, 11) is 0. The molecule has 0 aliphatic carbocycles. The maximum atomic E-state index is 12.6. The summed E-state index contributed by atoms with van der Waals surface area (Å²) in [5.41, 5.74) is 2.24. The summed E-state index contributed by atoms with van der Waals surface area (Å²) in [6.45, 7) is 0.501. The van der Waals surface area contributed by atoms with E-state index in [1.165, 1.54) is 20.0 Å². The van der Waals surface area contributed by atoms with Gasteiger partial charge in [-0.15, -0.1) is 5.10 Å². The van der Waals surface area contributed by atoms with Crippen LogP contribution in [0.15, 0.2) is 88.8 Å². The molecule has 0 saturated carbocycles. The molecule has 0 spiro atoms. The zero-order chi connectivity index (χ0) is 22.8. The molecule has 9 nitrogen and oxygen atoms in total. The summed E-state index contributed by atoms with van der Waals surface area (Å²) in [4.78, 5) is 41.8. The third-order valence-corrected chi connectivity index (χ3v) is 5.34.